The summed E-state index contributed by atoms with van der Waals surface area (Å²) in [6, 6.07) is 12.8. The van der Waals surface area contributed by atoms with Gasteiger partial charge in [-0.15, -0.1) is 0 Å². The third-order valence-corrected chi connectivity index (χ3v) is 6.10. The van der Waals surface area contributed by atoms with Gasteiger partial charge in [0.25, 0.3) is 11.8 Å². The first-order valence-corrected chi connectivity index (χ1v) is 12.2. The molecule has 0 fully saturated rings. The molecule has 10 heteroatoms. The number of amides is 2. The Kier molecular flexibility index (Phi) is 9.10. The molecule has 0 spiro atoms. The van der Waals surface area contributed by atoms with Crippen LogP contribution >= 0.6 is 23.2 Å². The van der Waals surface area contributed by atoms with Crippen molar-refractivity contribution in [3.63, 3.8) is 0 Å². The summed E-state index contributed by atoms with van der Waals surface area (Å²) < 4.78 is 47.6. The van der Waals surface area contributed by atoms with Crippen LogP contribution in [0, 0.1) is 5.82 Å². The molecule has 0 radical (unpaired) electrons. The van der Waals surface area contributed by atoms with Gasteiger partial charge in [0.05, 0.1) is 16.3 Å². The summed E-state index contributed by atoms with van der Waals surface area (Å²) in [5, 5.41) is 0.197. The number of carbonyl (C=O) groups is 2. The number of rotatable bonds is 10. The fourth-order valence-corrected chi connectivity index (χ4v) is 4.08. The Balaban J connectivity index is 2.17. The van der Waals surface area contributed by atoms with E-state index in [1.165, 1.54) is 47.4 Å². The van der Waals surface area contributed by atoms with Crippen LogP contribution in [0.1, 0.15) is 47.4 Å². The van der Waals surface area contributed by atoms with E-state index in [-0.39, 0.29) is 39.2 Å². The normalized spacial score (nSPS) is 11.3. The Morgan fingerprint density at radius 3 is 2.41 bits per heavy atom. The van der Waals surface area contributed by atoms with E-state index in [9.17, 15) is 22.8 Å². The lowest BCUT2D eigenvalue weighted by Gasteiger charge is -2.27. The summed E-state index contributed by atoms with van der Waals surface area (Å²) in [6.45, 7) is 1.78. The van der Waals surface area contributed by atoms with Crippen molar-refractivity contribution in [3.05, 3.63) is 81.6 Å². The van der Waals surface area contributed by atoms with Crippen LogP contribution in [0.4, 0.5) is 18.9 Å². The van der Waals surface area contributed by atoms with Crippen LogP contribution in [0.25, 0.3) is 11.1 Å². The van der Waals surface area contributed by atoms with E-state index < -0.39 is 30.2 Å². The van der Waals surface area contributed by atoms with Gasteiger partial charge in [0.2, 0.25) is 5.91 Å². The minimum absolute atomic E-state index is 0.0588. The first-order chi connectivity index (χ1) is 17.4. The molecule has 3 rings (SSSR count). The molecule has 0 aromatic heterocycles. The highest BCUT2D eigenvalue weighted by Gasteiger charge is 2.28. The molecule has 37 heavy (non-hydrogen) atoms. The number of ether oxygens (including phenoxy) is 1. The van der Waals surface area contributed by atoms with Gasteiger partial charge in [-0.25, -0.2) is 13.2 Å². The number of benzene rings is 3. The number of carbonyl (C=O) groups excluding carboxylic acids is 2. The third kappa shape index (κ3) is 6.96. The minimum atomic E-state index is -3.18. The quantitative estimate of drug-likeness (QED) is 0.285. The van der Waals surface area contributed by atoms with E-state index in [1.807, 2.05) is 6.92 Å². The number of primary amides is 1. The Labute approximate surface area is 222 Å². The van der Waals surface area contributed by atoms with Crippen LogP contribution in [0.5, 0.6) is 5.75 Å². The SMILES string of the molecule is CCCCN(C(=O)c1c(F)cccc1Cl)c1ccc(-c2cc(C(N)=O)ccc2Cl)cc1OCC(C)(F)F. The van der Waals surface area contributed by atoms with Crippen molar-refractivity contribution in [3.8, 4) is 16.9 Å². The van der Waals surface area contributed by atoms with Gasteiger partial charge in [0.15, 0.2) is 6.61 Å². The highest BCUT2D eigenvalue weighted by atomic mass is 35.5. The number of hydrogen-bond acceptors (Lipinski definition) is 3. The van der Waals surface area contributed by atoms with E-state index in [4.69, 9.17) is 33.7 Å². The van der Waals surface area contributed by atoms with Gasteiger partial charge in [-0.1, -0.05) is 48.7 Å². The summed E-state index contributed by atoms with van der Waals surface area (Å²) in [4.78, 5) is 26.4. The predicted molar refractivity (Wildman–Crippen MR) is 140 cm³/mol. The zero-order valence-electron chi connectivity index (χ0n) is 20.2. The second kappa shape index (κ2) is 11.9. The van der Waals surface area contributed by atoms with E-state index in [1.54, 1.807) is 6.07 Å². The van der Waals surface area contributed by atoms with Crippen LogP contribution in [-0.2, 0) is 0 Å². The van der Waals surface area contributed by atoms with Gasteiger partial charge >= 0.3 is 0 Å². The van der Waals surface area contributed by atoms with Crippen molar-refractivity contribution in [2.75, 3.05) is 18.1 Å². The topological polar surface area (TPSA) is 72.6 Å². The maximum atomic E-state index is 14.6. The lowest BCUT2D eigenvalue weighted by atomic mass is 10.0. The second-order valence-corrected chi connectivity index (χ2v) is 9.32. The van der Waals surface area contributed by atoms with Crippen molar-refractivity contribution in [1.82, 2.24) is 0 Å². The molecule has 0 heterocycles. The summed E-state index contributed by atoms with van der Waals surface area (Å²) in [5.41, 5.74) is 6.22. The molecule has 0 aliphatic rings. The van der Waals surface area contributed by atoms with Crippen LogP contribution in [-0.4, -0.2) is 30.9 Å². The predicted octanol–water partition coefficient (Wildman–Crippen LogP) is 7.38. The van der Waals surface area contributed by atoms with Crippen LogP contribution in [0.2, 0.25) is 10.0 Å². The van der Waals surface area contributed by atoms with E-state index in [0.29, 0.717) is 30.9 Å². The maximum Gasteiger partial charge on any atom is 0.278 e. The smallest absolute Gasteiger partial charge is 0.278 e. The highest BCUT2D eigenvalue weighted by Crippen LogP contribution is 2.38. The average molecular weight is 553 g/mol. The zero-order valence-corrected chi connectivity index (χ0v) is 21.7. The lowest BCUT2D eigenvalue weighted by Crippen LogP contribution is -2.33. The molecular formula is C27H25Cl2F3N2O3. The molecule has 0 atom stereocenters. The molecule has 0 saturated heterocycles. The first-order valence-electron chi connectivity index (χ1n) is 11.4. The van der Waals surface area contributed by atoms with Gasteiger partial charge < -0.3 is 15.4 Å². The molecule has 0 aliphatic heterocycles. The fourth-order valence-electron chi connectivity index (χ4n) is 3.61. The molecule has 5 nitrogen and oxygen atoms in total. The number of alkyl halides is 2. The van der Waals surface area contributed by atoms with Crippen LogP contribution < -0.4 is 15.4 Å². The summed E-state index contributed by atoms with van der Waals surface area (Å²) in [5.74, 6) is -5.46. The number of nitrogens with two attached hydrogens (primary N) is 1. The molecule has 2 N–H and O–H groups in total. The summed E-state index contributed by atoms with van der Waals surface area (Å²) in [7, 11) is 0. The number of hydrogen-bond donors (Lipinski definition) is 1. The first kappa shape index (κ1) is 28.3. The maximum absolute atomic E-state index is 14.6. The van der Waals surface area contributed by atoms with Gasteiger partial charge in [-0.05, 0) is 54.4 Å². The summed E-state index contributed by atoms with van der Waals surface area (Å²) >= 11 is 12.5. The van der Waals surface area contributed by atoms with Gasteiger partial charge in [-0.3, -0.25) is 9.59 Å². The van der Waals surface area contributed by atoms with Crippen molar-refractivity contribution in [2.45, 2.75) is 32.6 Å². The van der Waals surface area contributed by atoms with Crippen molar-refractivity contribution in [2.24, 2.45) is 5.73 Å². The van der Waals surface area contributed by atoms with E-state index in [0.717, 1.165) is 6.07 Å². The third-order valence-electron chi connectivity index (χ3n) is 5.45. The zero-order chi connectivity index (χ0) is 27.3. The molecule has 0 saturated carbocycles. The highest BCUT2D eigenvalue weighted by molar-refractivity contribution is 6.34. The molecule has 0 unspecified atom stereocenters. The molecule has 2 amide bonds. The van der Waals surface area contributed by atoms with E-state index in [2.05, 4.69) is 0 Å². The van der Waals surface area contributed by atoms with E-state index >= 15 is 0 Å². The Bertz CT molecular complexity index is 1290. The van der Waals surface area contributed by atoms with Gasteiger partial charge in [0, 0.05) is 29.6 Å². The summed E-state index contributed by atoms with van der Waals surface area (Å²) in [6.07, 6.45) is 1.24. The minimum Gasteiger partial charge on any atom is -0.485 e. The number of anilines is 1. The Morgan fingerprint density at radius 1 is 1.05 bits per heavy atom. The standard InChI is InChI=1S/C27H25Cl2F3N2O3/c1-3-4-12-34(26(36)24-20(29)6-5-7-21(24)30)22-11-9-16(14-23(22)37-15-27(2,31)32)18-13-17(25(33)35)8-10-19(18)28/h5-11,13-14H,3-4,12,15H2,1-2H3,(H2,33,35). The number of nitrogens with zero attached hydrogens (tertiary/aromatic N) is 1. The average Bonchev–Trinajstić information content (AvgIpc) is 2.83. The Hall–Kier alpha value is -3.23. The molecule has 3 aromatic carbocycles. The molecule has 0 aliphatic carbocycles. The van der Waals surface area contributed by atoms with Gasteiger partial charge in [0.1, 0.15) is 11.6 Å². The molecule has 0 bridgehead atoms. The van der Waals surface area contributed by atoms with Gasteiger partial charge in [-0.2, -0.15) is 0 Å². The monoisotopic (exact) mass is 552 g/mol. The van der Waals surface area contributed by atoms with Crippen molar-refractivity contribution < 1.29 is 27.5 Å². The fraction of sp³-hybridized carbons (Fsp3) is 0.259. The lowest BCUT2D eigenvalue weighted by molar-refractivity contribution is -0.0227. The molecule has 196 valence electrons. The Morgan fingerprint density at radius 2 is 1.78 bits per heavy atom. The largest absolute Gasteiger partial charge is 0.485 e. The van der Waals surface area contributed by atoms with Crippen molar-refractivity contribution >= 4 is 40.7 Å². The second-order valence-electron chi connectivity index (χ2n) is 8.51. The number of unbranched alkanes of at least 4 members (excludes halogenated alkanes) is 1. The van der Waals surface area contributed by atoms with Crippen molar-refractivity contribution in [1.29, 1.82) is 0 Å². The molecular weight excluding hydrogens is 528 g/mol. The van der Waals surface area contributed by atoms with Crippen LogP contribution in [0.15, 0.2) is 54.6 Å². The molecule has 3 aromatic rings. The number of halogens is 5. The van der Waals surface area contributed by atoms with Crippen LogP contribution in [0.3, 0.4) is 0 Å².